The van der Waals surface area contributed by atoms with Gasteiger partial charge in [-0.15, -0.1) is 11.8 Å². The number of anilines is 1. The number of amides is 1. The van der Waals surface area contributed by atoms with E-state index in [1.807, 2.05) is 0 Å². The molecule has 0 spiro atoms. The molecule has 8 nitrogen and oxygen atoms in total. The van der Waals surface area contributed by atoms with Gasteiger partial charge in [0.25, 0.3) is 0 Å². The monoisotopic (exact) mass is 554 g/mol. The second kappa shape index (κ2) is 17.1. The number of aliphatic hydroxyl groups excluding tert-OH is 1. The van der Waals surface area contributed by atoms with Crippen molar-refractivity contribution in [3.8, 4) is 6.07 Å². The maximum atomic E-state index is 13.0. The molecule has 0 aliphatic carbocycles. The zero-order valence-electron chi connectivity index (χ0n) is 18.8. The number of benzene rings is 2. The van der Waals surface area contributed by atoms with Crippen LogP contribution in [0.25, 0.3) is 0 Å². The van der Waals surface area contributed by atoms with Crippen LogP contribution in [-0.4, -0.2) is 23.6 Å². The van der Waals surface area contributed by atoms with Gasteiger partial charge in [-0.25, -0.2) is 4.39 Å². The molecule has 0 radical (unpaired) electrons. The average molecular weight is 554 g/mol. The molecule has 0 saturated heterocycles. The van der Waals surface area contributed by atoms with E-state index < -0.39 is 43.7 Å². The third-order valence-corrected chi connectivity index (χ3v) is 5.39. The predicted molar refractivity (Wildman–Crippen MR) is 107 cm³/mol. The molecule has 0 fully saturated rings. The van der Waals surface area contributed by atoms with Gasteiger partial charge in [0.2, 0.25) is 5.91 Å². The first-order chi connectivity index (χ1) is 15.3. The Morgan fingerprint density at radius 2 is 1.80 bits per heavy atom. The number of rotatable bonds is 7. The summed E-state index contributed by atoms with van der Waals surface area (Å²) < 4.78 is 64.3. The molecule has 1 amide bonds. The Morgan fingerprint density at radius 1 is 1.23 bits per heavy atom. The van der Waals surface area contributed by atoms with Crippen LogP contribution in [0.3, 0.4) is 0 Å². The number of nitrogens with zero attached hydrogens (tertiary/aromatic N) is 1. The van der Waals surface area contributed by atoms with Crippen LogP contribution in [-0.2, 0) is 20.1 Å². The largest absolute Gasteiger partial charge is 1.00 e. The minimum absolute atomic E-state index is 0. The molecule has 1 atom stereocenters. The van der Waals surface area contributed by atoms with E-state index >= 15 is 0 Å². The summed E-state index contributed by atoms with van der Waals surface area (Å²) >= 11 is 1.34. The Kier molecular flexibility index (Phi) is 18.0. The molecule has 180 valence electrons. The number of carbonyl (C=O) groups excluding carboxylic acids is 1. The summed E-state index contributed by atoms with van der Waals surface area (Å²) in [6, 6.07) is 10.3. The van der Waals surface area contributed by atoms with Crippen LogP contribution in [0.15, 0.2) is 47.4 Å². The topological polar surface area (TPSA) is 146 Å². The number of hydrogen-bond acceptors (Lipinski definition) is 8. The van der Waals surface area contributed by atoms with E-state index in [2.05, 4.69) is 9.84 Å². The molecule has 0 bridgehead atoms. The maximum Gasteiger partial charge on any atom is 1.00 e. The minimum Gasteiger partial charge on any atom is -0.790 e. The second-order valence-corrected chi connectivity index (χ2v) is 8.48. The fourth-order valence-electron chi connectivity index (χ4n) is 2.12. The molecule has 2 aromatic carbocycles. The number of thioether (sulfide) groups is 1. The number of nitrogens with one attached hydrogen (secondary N) is 1. The van der Waals surface area contributed by atoms with Gasteiger partial charge in [0.1, 0.15) is 12.6 Å². The van der Waals surface area contributed by atoms with Crippen molar-refractivity contribution in [3.63, 3.8) is 0 Å². The van der Waals surface area contributed by atoms with Gasteiger partial charge >= 0.3 is 65.3 Å². The SMILES string of the molecule is CC(CSc1ccc(F)cc1)C(=O)Nc1ccc(C#N)c(C(F)(F)F)c1.O=P([O-])([O-])OCO.[Na+].[Na+]. The van der Waals surface area contributed by atoms with Gasteiger partial charge in [-0.05, 0) is 42.5 Å². The Bertz CT molecular complexity index is 1040. The summed E-state index contributed by atoms with van der Waals surface area (Å²) in [5.74, 6) is -0.922. The second-order valence-electron chi connectivity index (χ2n) is 6.23. The molecule has 35 heavy (non-hydrogen) atoms. The number of halogens is 4. The Labute approximate surface area is 247 Å². The van der Waals surface area contributed by atoms with Crippen molar-refractivity contribution in [2.45, 2.75) is 18.0 Å². The van der Waals surface area contributed by atoms with Gasteiger partial charge in [0.05, 0.1) is 25.0 Å². The predicted octanol–water partition coefficient (Wildman–Crippen LogP) is -3.13. The number of phosphoric ester groups is 1. The molecule has 2 aromatic rings. The molecule has 0 aromatic heterocycles. The van der Waals surface area contributed by atoms with E-state index in [-0.39, 0.29) is 70.6 Å². The first-order valence-electron chi connectivity index (χ1n) is 8.85. The summed E-state index contributed by atoms with van der Waals surface area (Å²) in [4.78, 5) is 31.6. The van der Waals surface area contributed by atoms with Crippen LogP contribution in [0.2, 0.25) is 0 Å². The van der Waals surface area contributed by atoms with Gasteiger partial charge in [-0.2, -0.15) is 18.4 Å². The number of carbonyl (C=O) groups is 1. The van der Waals surface area contributed by atoms with Crippen molar-refractivity contribution in [1.29, 1.82) is 5.26 Å². The van der Waals surface area contributed by atoms with Crippen molar-refractivity contribution in [1.82, 2.24) is 0 Å². The number of hydrogen-bond donors (Lipinski definition) is 2. The molecular formula is C19H17F4N2Na2O6PS. The summed E-state index contributed by atoms with van der Waals surface area (Å²) in [6.07, 6.45) is -4.68. The summed E-state index contributed by atoms with van der Waals surface area (Å²) in [7, 11) is -4.92. The smallest absolute Gasteiger partial charge is 0.790 e. The number of alkyl halides is 3. The van der Waals surface area contributed by atoms with Gasteiger partial charge in [0.15, 0.2) is 0 Å². The third-order valence-electron chi connectivity index (χ3n) is 3.69. The van der Waals surface area contributed by atoms with Gasteiger partial charge in [-0.3, -0.25) is 4.79 Å². The van der Waals surface area contributed by atoms with E-state index in [1.54, 1.807) is 19.1 Å². The van der Waals surface area contributed by atoms with E-state index in [0.29, 0.717) is 5.75 Å². The molecular weight excluding hydrogens is 537 g/mol. The molecule has 2 N–H and O–H groups in total. The van der Waals surface area contributed by atoms with E-state index in [9.17, 15) is 36.7 Å². The molecule has 0 aliphatic heterocycles. The molecule has 2 rings (SSSR count). The van der Waals surface area contributed by atoms with Crippen molar-refractivity contribution in [2.75, 3.05) is 17.9 Å². The zero-order valence-corrected chi connectivity index (χ0v) is 24.5. The van der Waals surface area contributed by atoms with Gasteiger partial charge in [-0.1, -0.05) is 6.92 Å². The third kappa shape index (κ3) is 14.8. The number of aliphatic hydroxyl groups is 1. The summed E-state index contributed by atoms with van der Waals surface area (Å²) in [6.45, 7) is 0.560. The number of nitriles is 1. The van der Waals surface area contributed by atoms with Gasteiger partial charge < -0.3 is 29.3 Å². The zero-order chi connectivity index (χ0) is 25.2. The fraction of sp³-hybridized carbons (Fsp3) is 0.263. The first-order valence-corrected chi connectivity index (χ1v) is 11.3. The average Bonchev–Trinajstić information content (AvgIpc) is 2.72. The molecule has 0 aliphatic rings. The van der Waals surface area contributed by atoms with E-state index in [1.165, 1.54) is 36.0 Å². The van der Waals surface area contributed by atoms with Crippen molar-refractivity contribution in [2.24, 2.45) is 5.92 Å². The molecule has 1 unspecified atom stereocenters. The van der Waals surface area contributed by atoms with E-state index in [0.717, 1.165) is 17.0 Å². The Balaban J connectivity index is 0. The maximum absolute atomic E-state index is 13.0. The van der Waals surface area contributed by atoms with Crippen LogP contribution in [0.5, 0.6) is 0 Å². The van der Waals surface area contributed by atoms with Crippen molar-refractivity contribution in [3.05, 3.63) is 59.4 Å². The first kappa shape index (κ1) is 36.7. The van der Waals surface area contributed by atoms with Gasteiger partial charge in [0, 0.05) is 22.3 Å². The summed E-state index contributed by atoms with van der Waals surface area (Å²) in [5, 5.41) is 18.8. The molecule has 16 heteroatoms. The quantitative estimate of drug-likeness (QED) is 0.120. The van der Waals surface area contributed by atoms with Crippen molar-refractivity contribution < 1.29 is 105 Å². The van der Waals surface area contributed by atoms with Crippen LogP contribution < -0.4 is 74.2 Å². The van der Waals surface area contributed by atoms with Crippen LogP contribution in [0, 0.1) is 23.1 Å². The van der Waals surface area contributed by atoms with E-state index in [4.69, 9.17) is 10.4 Å². The standard InChI is InChI=1S/C18H14F4N2OS.CH5O5P.2Na/c1-11(10-26-15-6-3-13(19)4-7-15)17(25)24-14-5-2-12(9-23)16(8-14)18(20,21)22;2-1-6-7(3,4)5;;/h2-8,11H,10H2,1H3,(H,24,25);2H,1H2,(H2,3,4,5);;/q;;2*+1/p-2. The fourth-order valence-corrected chi connectivity index (χ4v) is 3.18. The number of phosphoric acid groups is 1. The minimum atomic E-state index is -4.92. The Morgan fingerprint density at radius 3 is 2.23 bits per heavy atom. The normalized spacial score (nSPS) is 11.5. The van der Waals surface area contributed by atoms with Crippen LogP contribution in [0.1, 0.15) is 18.1 Å². The molecule has 0 saturated carbocycles. The Hall–Kier alpha value is -0.460. The molecule has 0 heterocycles. The van der Waals surface area contributed by atoms with Crippen LogP contribution >= 0.6 is 19.6 Å². The summed E-state index contributed by atoms with van der Waals surface area (Å²) in [5.41, 5.74) is -1.62. The van der Waals surface area contributed by atoms with Crippen LogP contribution in [0.4, 0.5) is 23.2 Å². The van der Waals surface area contributed by atoms with Crippen molar-refractivity contribution >= 4 is 31.2 Å².